The van der Waals surface area contributed by atoms with E-state index in [1.165, 1.54) is 0 Å². The van der Waals surface area contributed by atoms with Gasteiger partial charge in [0.1, 0.15) is 0 Å². The highest BCUT2D eigenvalue weighted by Gasteiger charge is 2.29. The molecule has 1 heterocycles. The smallest absolute Gasteiger partial charge is 0.0794 e. The van der Waals surface area contributed by atoms with Crippen LogP contribution in [0.25, 0.3) is 0 Å². The van der Waals surface area contributed by atoms with E-state index in [1.54, 1.807) is 7.11 Å². The molecule has 1 aromatic carbocycles. The Morgan fingerprint density at radius 3 is 3.00 bits per heavy atom. The van der Waals surface area contributed by atoms with E-state index < -0.39 is 5.60 Å². The lowest BCUT2D eigenvalue weighted by atomic mass is 9.94. The fourth-order valence-electron chi connectivity index (χ4n) is 2.83. The third-order valence-corrected chi connectivity index (χ3v) is 4.25. The lowest BCUT2D eigenvalue weighted by Gasteiger charge is -2.39. The summed E-state index contributed by atoms with van der Waals surface area (Å²) < 4.78 is 5.04. The SMILES string of the molecule is COCCNCc1c(Cl)cccc1N1CCCC(C)(O)C1. The van der Waals surface area contributed by atoms with Gasteiger partial charge in [-0.25, -0.2) is 0 Å². The van der Waals surface area contributed by atoms with Gasteiger partial charge in [-0.2, -0.15) is 0 Å². The number of rotatable bonds is 6. The summed E-state index contributed by atoms with van der Waals surface area (Å²) in [6, 6.07) is 5.97. The van der Waals surface area contributed by atoms with Gasteiger partial charge in [-0.1, -0.05) is 17.7 Å². The van der Waals surface area contributed by atoms with Gasteiger partial charge in [0.05, 0.1) is 12.2 Å². The Kier molecular flexibility index (Phi) is 5.88. The van der Waals surface area contributed by atoms with E-state index >= 15 is 0 Å². The van der Waals surface area contributed by atoms with Crippen molar-refractivity contribution in [1.82, 2.24) is 5.32 Å². The first-order valence-corrected chi connectivity index (χ1v) is 7.86. The highest BCUT2D eigenvalue weighted by atomic mass is 35.5. The number of piperidine rings is 1. The van der Waals surface area contributed by atoms with Gasteiger partial charge in [0.25, 0.3) is 0 Å². The summed E-state index contributed by atoms with van der Waals surface area (Å²) in [6.45, 7) is 5.69. The van der Waals surface area contributed by atoms with E-state index in [1.807, 2.05) is 19.1 Å². The molecule has 4 nitrogen and oxygen atoms in total. The number of nitrogens with zero attached hydrogens (tertiary/aromatic N) is 1. The topological polar surface area (TPSA) is 44.7 Å². The zero-order valence-corrected chi connectivity index (χ0v) is 13.6. The molecule has 21 heavy (non-hydrogen) atoms. The molecule has 118 valence electrons. The number of nitrogens with one attached hydrogen (secondary N) is 1. The van der Waals surface area contributed by atoms with Crippen LogP contribution in [0.4, 0.5) is 5.69 Å². The first kappa shape index (κ1) is 16.6. The molecule has 0 saturated carbocycles. The second-order valence-corrected chi connectivity index (χ2v) is 6.34. The van der Waals surface area contributed by atoms with Crippen LogP contribution in [0.3, 0.4) is 0 Å². The molecule has 0 aromatic heterocycles. The Bertz CT molecular complexity index is 466. The van der Waals surface area contributed by atoms with Crippen molar-refractivity contribution >= 4 is 17.3 Å². The van der Waals surface area contributed by atoms with Gasteiger partial charge in [-0.3, -0.25) is 0 Å². The average Bonchev–Trinajstić information content (AvgIpc) is 2.43. The maximum atomic E-state index is 10.3. The van der Waals surface area contributed by atoms with Crippen molar-refractivity contribution in [1.29, 1.82) is 0 Å². The number of methoxy groups -OCH3 is 1. The number of hydrogen-bond acceptors (Lipinski definition) is 4. The predicted octanol–water partition coefficient (Wildman–Crippen LogP) is 2.43. The Balaban J connectivity index is 2.12. The number of anilines is 1. The normalized spacial score (nSPS) is 22.6. The number of β-amino-alcohol motifs (C(OH)–C–C–N with tert-alkyl or cyclic N) is 1. The molecule has 2 N–H and O–H groups in total. The molecule has 0 spiro atoms. The first-order chi connectivity index (χ1) is 10.0. The number of halogens is 1. The molecular formula is C16H25ClN2O2. The Morgan fingerprint density at radius 1 is 1.48 bits per heavy atom. The van der Waals surface area contributed by atoms with Crippen LogP contribution in [-0.2, 0) is 11.3 Å². The minimum atomic E-state index is -0.624. The van der Waals surface area contributed by atoms with E-state index in [2.05, 4.69) is 16.3 Å². The number of ether oxygens (including phenoxy) is 1. The molecule has 0 aliphatic carbocycles. The van der Waals surface area contributed by atoms with Crippen molar-refractivity contribution < 1.29 is 9.84 Å². The standard InChI is InChI=1S/C16H25ClN2O2/c1-16(20)7-4-9-19(12-16)15-6-3-5-14(17)13(15)11-18-8-10-21-2/h3,5-6,18,20H,4,7-12H2,1-2H3. The van der Waals surface area contributed by atoms with E-state index in [0.29, 0.717) is 19.7 Å². The van der Waals surface area contributed by atoms with Gasteiger partial charge in [0, 0.05) is 49.6 Å². The molecular weight excluding hydrogens is 288 g/mol. The van der Waals surface area contributed by atoms with Gasteiger partial charge in [-0.15, -0.1) is 0 Å². The fraction of sp³-hybridized carbons (Fsp3) is 0.625. The second kappa shape index (κ2) is 7.45. The molecule has 1 fully saturated rings. The molecule has 5 heteroatoms. The third kappa shape index (κ3) is 4.58. The summed E-state index contributed by atoms with van der Waals surface area (Å²) in [7, 11) is 1.69. The minimum absolute atomic E-state index is 0.624. The summed E-state index contributed by atoms with van der Waals surface area (Å²) in [5.74, 6) is 0. The van der Waals surface area contributed by atoms with Crippen LogP contribution in [-0.4, -0.2) is 44.1 Å². The maximum Gasteiger partial charge on any atom is 0.0794 e. The zero-order valence-electron chi connectivity index (χ0n) is 12.9. The molecule has 1 unspecified atom stereocenters. The van der Waals surface area contributed by atoms with Crippen LogP contribution in [0.15, 0.2) is 18.2 Å². The van der Waals surface area contributed by atoms with Gasteiger partial charge in [0.15, 0.2) is 0 Å². The molecule has 0 radical (unpaired) electrons. The molecule has 1 aliphatic heterocycles. The highest BCUT2D eigenvalue weighted by Crippen LogP contribution is 2.31. The van der Waals surface area contributed by atoms with Crippen LogP contribution in [0.2, 0.25) is 5.02 Å². The minimum Gasteiger partial charge on any atom is -0.388 e. The summed E-state index contributed by atoms with van der Waals surface area (Å²) in [5.41, 5.74) is 1.58. The molecule has 1 aromatic rings. The molecule has 0 amide bonds. The largest absolute Gasteiger partial charge is 0.388 e. The number of hydrogen-bond donors (Lipinski definition) is 2. The van der Waals surface area contributed by atoms with Crippen molar-refractivity contribution in [2.45, 2.75) is 31.9 Å². The molecule has 2 rings (SSSR count). The van der Waals surface area contributed by atoms with Gasteiger partial charge < -0.3 is 20.1 Å². The summed E-state index contributed by atoms with van der Waals surface area (Å²) in [5, 5.41) is 14.4. The lowest BCUT2D eigenvalue weighted by molar-refractivity contribution is 0.0449. The van der Waals surface area contributed by atoms with Gasteiger partial charge in [0.2, 0.25) is 0 Å². The Hall–Kier alpha value is -0.810. The molecule has 0 bridgehead atoms. The molecule has 1 aliphatic rings. The molecule has 1 atom stereocenters. The number of benzene rings is 1. The van der Waals surface area contributed by atoms with Gasteiger partial charge in [-0.05, 0) is 31.9 Å². The fourth-order valence-corrected chi connectivity index (χ4v) is 3.07. The van der Waals surface area contributed by atoms with Crippen molar-refractivity contribution in [2.24, 2.45) is 0 Å². The third-order valence-electron chi connectivity index (χ3n) is 3.89. The van der Waals surface area contributed by atoms with Crippen LogP contribution >= 0.6 is 11.6 Å². The van der Waals surface area contributed by atoms with Crippen LogP contribution in [0, 0.1) is 0 Å². The van der Waals surface area contributed by atoms with Crippen LogP contribution < -0.4 is 10.2 Å². The average molecular weight is 313 g/mol. The van der Waals surface area contributed by atoms with Crippen LogP contribution in [0.1, 0.15) is 25.3 Å². The Labute approximate surface area is 132 Å². The first-order valence-electron chi connectivity index (χ1n) is 7.48. The van der Waals surface area contributed by atoms with E-state index in [0.717, 1.165) is 42.2 Å². The van der Waals surface area contributed by atoms with Gasteiger partial charge >= 0.3 is 0 Å². The zero-order chi connectivity index (χ0) is 15.3. The van der Waals surface area contributed by atoms with Crippen LogP contribution in [0.5, 0.6) is 0 Å². The molecule has 1 saturated heterocycles. The predicted molar refractivity (Wildman–Crippen MR) is 87.1 cm³/mol. The maximum absolute atomic E-state index is 10.3. The summed E-state index contributed by atoms with van der Waals surface area (Å²) >= 11 is 6.37. The quantitative estimate of drug-likeness (QED) is 0.792. The summed E-state index contributed by atoms with van der Waals surface area (Å²) in [4.78, 5) is 2.24. The van der Waals surface area contributed by atoms with E-state index in [-0.39, 0.29) is 0 Å². The Morgan fingerprint density at radius 2 is 2.29 bits per heavy atom. The van der Waals surface area contributed by atoms with Crippen molar-refractivity contribution in [3.05, 3.63) is 28.8 Å². The second-order valence-electron chi connectivity index (χ2n) is 5.93. The van der Waals surface area contributed by atoms with Crippen molar-refractivity contribution in [3.63, 3.8) is 0 Å². The number of aliphatic hydroxyl groups is 1. The van der Waals surface area contributed by atoms with Crippen molar-refractivity contribution in [3.8, 4) is 0 Å². The summed E-state index contributed by atoms with van der Waals surface area (Å²) in [6.07, 6.45) is 1.85. The lowest BCUT2D eigenvalue weighted by Crippen LogP contribution is -2.46. The monoisotopic (exact) mass is 312 g/mol. The highest BCUT2D eigenvalue weighted by molar-refractivity contribution is 6.31. The van der Waals surface area contributed by atoms with E-state index in [9.17, 15) is 5.11 Å². The van der Waals surface area contributed by atoms with E-state index in [4.69, 9.17) is 16.3 Å². The van der Waals surface area contributed by atoms with Crippen molar-refractivity contribution in [2.75, 3.05) is 38.3 Å².